The molecule has 3 aliphatic rings. The molecule has 4 amide bonds. The summed E-state index contributed by atoms with van der Waals surface area (Å²) in [7, 11) is 0. The Morgan fingerprint density at radius 2 is 1.23 bits per heavy atom. The van der Waals surface area contributed by atoms with Crippen molar-refractivity contribution in [3.8, 4) is 0 Å². The molecule has 190 valence electrons. The van der Waals surface area contributed by atoms with Gasteiger partial charge in [-0.3, -0.25) is 19.4 Å². The zero-order valence-electron chi connectivity index (χ0n) is 21.7. The third kappa shape index (κ3) is 5.19. The standard InChI is InChI=1S/C25H35N5O5/c1-16(33)28-19-20(34)30(25(7)11-18(27-15-32)9-23(4,5)13-25)21(35)29(19)24(6)10-17(26-14-31)8-22(2,3)12-24/h17-18H,8-13H2,1-7H3/t17-,18+,24-,25+/m0/s1. The second kappa shape index (κ2) is 8.92. The molecule has 1 aliphatic heterocycles. The SMILES string of the molecule is CC(=O)N=C1C(=O)N([C@]2(C)C[C@H](N=C=O)CC(C)(C)C2)C(=O)N1[C@@]1(C)C[C@@H](N=C=O)CC(C)(C)C1. The number of hydrogen-bond acceptors (Lipinski definition) is 7. The molecule has 0 unspecified atom stereocenters. The first kappa shape index (κ1) is 26.6. The maximum atomic E-state index is 14.1. The van der Waals surface area contributed by atoms with Gasteiger partial charge in [-0.25, -0.2) is 24.4 Å². The van der Waals surface area contributed by atoms with Gasteiger partial charge in [0.05, 0.1) is 23.2 Å². The lowest BCUT2D eigenvalue weighted by Crippen LogP contribution is -2.59. The molecule has 10 nitrogen and oxygen atoms in total. The highest BCUT2D eigenvalue weighted by Gasteiger charge is 2.60. The van der Waals surface area contributed by atoms with Gasteiger partial charge in [-0.05, 0) is 63.2 Å². The summed E-state index contributed by atoms with van der Waals surface area (Å²) >= 11 is 0. The van der Waals surface area contributed by atoms with Gasteiger partial charge >= 0.3 is 6.03 Å². The van der Waals surface area contributed by atoms with Crippen molar-refractivity contribution in [3.05, 3.63) is 0 Å². The van der Waals surface area contributed by atoms with E-state index in [1.165, 1.54) is 16.7 Å². The number of carbonyl (C=O) groups excluding carboxylic acids is 5. The minimum atomic E-state index is -0.950. The van der Waals surface area contributed by atoms with Gasteiger partial charge in [0.1, 0.15) is 0 Å². The largest absolute Gasteiger partial charge is 0.333 e. The van der Waals surface area contributed by atoms with Crippen molar-refractivity contribution in [1.29, 1.82) is 0 Å². The summed E-state index contributed by atoms with van der Waals surface area (Å²) in [5.41, 5.74) is -2.46. The summed E-state index contributed by atoms with van der Waals surface area (Å²) in [6.45, 7) is 13.0. The van der Waals surface area contributed by atoms with Gasteiger partial charge in [0.15, 0.2) is 0 Å². The number of hydrogen-bond donors (Lipinski definition) is 0. The Labute approximate surface area is 205 Å². The molecule has 0 aromatic heterocycles. The van der Waals surface area contributed by atoms with Crippen molar-refractivity contribution < 1.29 is 24.0 Å². The molecule has 0 bridgehead atoms. The van der Waals surface area contributed by atoms with Crippen LogP contribution in [0.5, 0.6) is 0 Å². The van der Waals surface area contributed by atoms with Gasteiger partial charge in [-0.1, -0.05) is 27.7 Å². The van der Waals surface area contributed by atoms with E-state index in [2.05, 4.69) is 15.0 Å². The second-order valence-electron chi connectivity index (χ2n) is 12.5. The van der Waals surface area contributed by atoms with E-state index in [0.29, 0.717) is 38.5 Å². The first-order chi connectivity index (χ1) is 16.1. The minimum absolute atomic E-state index is 0.212. The maximum absolute atomic E-state index is 14.1. The molecule has 3 rings (SSSR count). The number of amides is 4. The number of isocyanates is 2. The number of nitrogens with zero attached hydrogens (tertiary/aromatic N) is 5. The molecule has 0 N–H and O–H groups in total. The van der Waals surface area contributed by atoms with Gasteiger partial charge in [0, 0.05) is 6.92 Å². The van der Waals surface area contributed by atoms with Crippen LogP contribution in [-0.4, -0.2) is 68.8 Å². The Bertz CT molecular complexity index is 1070. The molecular weight excluding hydrogens is 450 g/mol. The average Bonchev–Trinajstić information content (AvgIpc) is 2.89. The van der Waals surface area contributed by atoms with Crippen LogP contribution >= 0.6 is 0 Å². The van der Waals surface area contributed by atoms with Gasteiger partial charge in [0.25, 0.3) is 5.91 Å². The van der Waals surface area contributed by atoms with E-state index in [1.54, 1.807) is 12.2 Å². The topological polar surface area (TPSA) is 129 Å². The molecule has 1 heterocycles. The van der Waals surface area contributed by atoms with Gasteiger partial charge in [-0.2, -0.15) is 4.99 Å². The number of imide groups is 1. The van der Waals surface area contributed by atoms with Gasteiger partial charge in [0.2, 0.25) is 23.9 Å². The summed E-state index contributed by atoms with van der Waals surface area (Å²) in [5.74, 6) is -1.44. The fourth-order valence-corrected chi connectivity index (χ4v) is 7.14. The Morgan fingerprint density at radius 3 is 1.63 bits per heavy atom. The van der Waals surface area contributed by atoms with E-state index in [4.69, 9.17) is 0 Å². The monoisotopic (exact) mass is 485 g/mol. The van der Waals surface area contributed by atoms with Crippen LogP contribution in [0, 0.1) is 10.8 Å². The molecule has 0 aromatic carbocycles. The lowest BCUT2D eigenvalue weighted by molar-refractivity contribution is -0.127. The highest BCUT2D eigenvalue weighted by Crippen LogP contribution is 2.50. The van der Waals surface area contributed by atoms with Crippen LogP contribution in [-0.2, 0) is 19.2 Å². The van der Waals surface area contributed by atoms with Crippen LogP contribution in [0.25, 0.3) is 0 Å². The number of rotatable bonds is 4. The Hall–Kier alpha value is -2.96. The zero-order chi connectivity index (χ0) is 26.4. The first-order valence-electron chi connectivity index (χ1n) is 12.0. The third-order valence-electron chi connectivity index (χ3n) is 7.45. The predicted octanol–water partition coefficient (Wildman–Crippen LogP) is 3.54. The molecule has 10 heteroatoms. The molecule has 1 saturated heterocycles. The van der Waals surface area contributed by atoms with E-state index >= 15 is 0 Å². The van der Waals surface area contributed by atoms with Crippen LogP contribution < -0.4 is 0 Å². The summed E-state index contributed by atoms with van der Waals surface area (Å²) in [4.78, 5) is 76.4. The quantitative estimate of drug-likeness (QED) is 0.342. The molecule has 0 spiro atoms. The summed E-state index contributed by atoms with van der Waals surface area (Å²) in [6.07, 6.45) is 6.17. The van der Waals surface area contributed by atoms with E-state index in [-0.39, 0.29) is 28.7 Å². The molecule has 2 saturated carbocycles. The Balaban J connectivity index is 2.12. The van der Waals surface area contributed by atoms with Crippen molar-refractivity contribution in [2.75, 3.05) is 0 Å². The van der Waals surface area contributed by atoms with Crippen molar-refractivity contribution in [2.45, 2.75) is 110 Å². The molecule has 3 fully saturated rings. The third-order valence-corrected chi connectivity index (χ3v) is 7.45. The minimum Gasteiger partial charge on any atom is -0.273 e. The van der Waals surface area contributed by atoms with E-state index in [1.807, 2.05) is 41.5 Å². The number of urea groups is 1. The van der Waals surface area contributed by atoms with Crippen LogP contribution in [0.15, 0.2) is 15.0 Å². The van der Waals surface area contributed by atoms with E-state index in [9.17, 15) is 24.0 Å². The zero-order valence-corrected chi connectivity index (χ0v) is 21.7. The van der Waals surface area contributed by atoms with Crippen LogP contribution in [0.2, 0.25) is 0 Å². The average molecular weight is 486 g/mol. The summed E-state index contributed by atoms with van der Waals surface area (Å²) < 4.78 is 0. The Kier molecular flexibility index (Phi) is 6.79. The van der Waals surface area contributed by atoms with Crippen LogP contribution in [0.3, 0.4) is 0 Å². The van der Waals surface area contributed by atoms with Crippen LogP contribution in [0.1, 0.15) is 87.0 Å². The highest BCUT2D eigenvalue weighted by atomic mass is 16.2. The lowest BCUT2D eigenvalue weighted by atomic mass is 9.66. The highest BCUT2D eigenvalue weighted by molar-refractivity contribution is 6.48. The molecule has 4 atom stereocenters. The summed E-state index contributed by atoms with van der Waals surface area (Å²) in [6, 6.07) is -1.33. The van der Waals surface area contributed by atoms with Crippen molar-refractivity contribution in [1.82, 2.24) is 9.80 Å². The van der Waals surface area contributed by atoms with Crippen molar-refractivity contribution >= 4 is 35.8 Å². The maximum Gasteiger partial charge on any atom is 0.333 e. The van der Waals surface area contributed by atoms with Crippen molar-refractivity contribution in [3.63, 3.8) is 0 Å². The molecule has 35 heavy (non-hydrogen) atoms. The van der Waals surface area contributed by atoms with E-state index < -0.39 is 28.9 Å². The first-order valence-corrected chi connectivity index (χ1v) is 12.0. The normalized spacial score (nSPS) is 35.5. The molecule has 0 aromatic rings. The molecule has 2 aliphatic carbocycles. The predicted molar refractivity (Wildman–Crippen MR) is 128 cm³/mol. The number of aliphatic imine (C=N–C) groups is 3. The van der Waals surface area contributed by atoms with Crippen LogP contribution in [0.4, 0.5) is 4.79 Å². The molecule has 0 radical (unpaired) electrons. The lowest BCUT2D eigenvalue weighted by Gasteiger charge is -2.50. The number of carbonyl (C=O) groups is 3. The number of amidine groups is 1. The smallest absolute Gasteiger partial charge is 0.273 e. The van der Waals surface area contributed by atoms with Crippen molar-refractivity contribution in [2.24, 2.45) is 25.8 Å². The molecular formula is C25H35N5O5. The second-order valence-corrected chi connectivity index (χ2v) is 12.5. The van der Waals surface area contributed by atoms with Gasteiger partial charge < -0.3 is 0 Å². The Morgan fingerprint density at radius 1 is 0.800 bits per heavy atom. The fourth-order valence-electron chi connectivity index (χ4n) is 7.14. The van der Waals surface area contributed by atoms with Gasteiger partial charge in [-0.15, -0.1) is 0 Å². The van der Waals surface area contributed by atoms with E-state index in [0.717, 1.165) is 0 Å². The summed E-state index contributed by atoms with van der Waals surface area (Å²) in [5, 5.41) is 0. The fraction of sp³-hybridized carbons (Fsp3) is 0.760.